The Kier molecular flexibility index (Phi) is 13.5. The molecule has 1 aliphatic carbocycles. The van der Waals surface area contributed by atoms with Gasteiger partial charge in [-0.15, -0.1) is 0 Å². The predicted molar refractivity (Wildman–Crippen MR) is 151 cm³/mol. The molecule has 3 aliphatic rings. The molecule has 0 aromatic carbocycles. The van der Waals surface area contributed by atoms with E-state index in [1.807, 2.05) is 0 Å². The zero-order chi connectivity index (χ0) is 31.9. The number of nitrogens with two attached hydrogens (primary N) is 3. The van der Waals surface area contributed by atoms with Gasteiger partial charge in [-0.25, -0.2) is 0 Å². The van der Waals surface area contributed by atoms with E-state index in [2.05, 4.69) is 16.0 Å². The Labute approximate surface area is 250 Å². The highest BCUT2D eigenvalue weighted by atomic mass is 16.7. The van der Waals surface area contributed by atoms with Gasteiger partial charge in [0.05, 0.1) is 44.0 Å². The first kappa shape index (κ1) is 35.9. The molecule has 0 bridgehead atoms. The van der Waals surface area contributed by atoms with E-state index in [1.54, 1.807) is 13.1 Å². The highest BCUT2D eigenvalue weighted by Crippen LogP contribution is 2.32. The summed E-state index contributed by atoms with van der Waals surface area (Å²) < 4.78 is 23.7. The molecule has 0 spiro atoms. The molecular formula is C26H50N6O11. The summed E-state index contributed by atoms with van der Waals surface area (Å²) in [5.41, 5.74) is 16.7. The molecule has 2 fully saturated rings. The van der Waals surface area contributed by atoms with Crippen molar-refractivity contribution in [3.05, 3.63) is 11.8 Å². The number of likely N-dealkylation sites (N-methyl/N-ethyl adjacent to an activating group) is 1. The first-order chi connectivity index (χ1) is 20.3. The molecule has 1 unspecified atom stereocenters. The van der Waals surface area contributed by atoms with Gasteiger partial charge in [0.1, 0.15) is 41.9 Å². The average Bonchev–Trinajstić information content (AvgIpc) is 2.95. The van der Waals surface area contributed by atoms with Gasteiger partial charge in [0.15, 0.2) is 6.29 Å². The molecule has 1 saturated carbocycles. The number of nitrogens with one attached hydrogen (secondary N) is 3. The van der Waals surface area contributed by atoms with Gasteiger partial charge in [0.2, 0.25) is 12.2 Å². The number of rotatable bonds is 14. The van der Waals surface area contributed by atoms with Crippen LogP contribution >= 0.6 is 0 Å². The maximum Gasteiger partial charge on any atom is 0.249 e. The molecule has 17 nitrogen and oxygen atoms in total. The van der Waals surface area contributed by atoms with Crippen LogP contribution in [-0.2, 0) is 23.7 Å². The van der Waals surface area contributed by atoms with E-state index in [9.17, 15) is 30.3 Å². The first-order valence-electron chi connectivity index (χ1n) is 14.6. The van der Waals surface area contributed by atoms with Crippen molar-refractivity contribution >= 4 is 5.91 Å². The van der Waals surface area contributed by atoms with E-state index in [4.69, 9.17) is 41.3 Å². The molecule has 0 radical (unpaired) electrons. The highest BCUT2D eigenvalue weighted by Gasteiger charge is 2.51. The second-order valence-corrected chi connectivity index (χ2v) is 11.6. The van der Waals surface area contributed by atoms with E-state index in [1.165, 1.54) is 6.92 Å². The van der Waals surface area contributed by atoms with Crippen molar-refractivity contribution in [2.45, 2.75) is 105 Å². The van der Waals surface area contributed by atoms with Crippen LogP contribution in [0.25, 0.3) is 0 Å². The average molecular weight is 623 g/mol. The van der Waals surface area contributed by atoms with E-state index >= 15 is 0 Å². The molecule has 3 rings (SSSR count). The summed E-state index contributed by atoms with van der Waals surface area (Å²) in [7, 11) is 1.56. The molecule has 0 aromatic heterocycles. The van der Waals surface area contributed by atoms with Gasteiger partial charge < -0.3 is 82.7 Å². The minimum Gasteiger partial charge on any atom is -0.467 e. The number of hydrogen-bond acceptors (Lipinski definition) is 16. The van der Waals surface area contributed by atoms with Crippen molar-refractivity contribution in [3.63, 3.8) is 0 Å². The summed E-state index contributed by atoms with van der Waals surface area (Å²) in [4.78, 5) is 12.7. The van der Waals surface area contributed by atoms with E-state index in [0.29, 0.717) is 12.2 Å². The van der Waals surface area contributed by atoms with Crippen LogP contribution in [0.3, 0.4) is 0 Å². The Morgan fingerprint density at radius 2 is 1.86 bits per heavy atom. The lowest BCUT2D eigenvalue weighted by atomic mass is 9.83. The second-order valence-electron chi connectivity index (χ2n) is 11.6. The van der Waals surface area contributed by atoms with Gasteiger partial charge in [-0.2, -0.15) is 0 Å². The number of aliphatic hydroxyl groups is 6. The fraction of sp³-hybridized carbons (Fsp3) is 0.885. The quantitative estimate of drug-likeness (QED) is 0.0858. The third-order valence-electron chi connectivity index (χ3n) is 7.94. The lowest BCUT2D eigenvalue weighted by Gasteiger charge is -2.48. The van der Waals surface area contributed by atoms with Crippen LogP contribution in [0.4, 0.5) is 0 Å². The Morgan fingerprint density at radius 1 is 1.16 bits per heavy atom. The molecule has 43 heavy (non-hydrogen) atoms. The summed E-state index contributed by atoms with van der Waals surface area (Å²) in [5, 5.41) is 70.3. The fourth-order valence-corrected chi connectivity index (χ4v) is 5.51. The Bertz CT molecular complexity index is 917. The molecule has 1 saturated heterocycles. The number of ether oxygens (including phenoxy) is 4. The summed E-state index contributed by atoms with van der Waals surface area (Å²) in [6.07, 6.45) is -7.68. The van der Waals surface area contributed by atoms with Crippen molar-refractivity contribution in [1.29, 1.82) is 0 Å². The number of aliphatic hydroxyl groups excluding tert-OH is 5. The zero-order valence-electron chi connectivity index (χ0n) is 24.6. The van der Waals surface area contributed by atoms with Gasteiger partial charge in [0, 0.05) is 12.6 Å². The van der Waals surface area contributed by atoms with E-state index in [0.717, 1.165) is 0 Å². The van der Waals surface area contributed by atoms with Crippen molar-refractivity contribution in [2.24, 2.45) is 17.2 Å². The SMILES string of the molecule is CN[C@@H]1[C@@H](O)[C@@H](O[C@@H]2[C@@H](O)[C@H](O[C@H]3OC(CNCC(O)CO)=CC[C@H]3N)[C@@H](N)C[C@H]2NC(=O)[C@@H](O)CCN)OC[C@]1(C)O. The van der Waals surface area contributed by atoms with Crippen LogP contribution in [0.5, 0.6) is 0 Å². The summed E-state index contributed by atoms with van der Waals surface area (Å²) in [5.74, 6) is -0.262. The molecular weight excluding hydrogens is 572 g/mol. The van der Waals surface area contributed by atoms with Crippen LogP contribution in [0.2, 0.25) is 0 Å². The number of hydrogen-bond donors (Lipinski definition) is 12. The van der Waals surface area contributed by atoms with Crippen LogP contribution in [0.1, 0.15) is 26.2 Å². The molecule has 15 N–H and O–H groups in total. The minimum absolute atomic E-state index is 0.00831. The van der Waals surface area contributed by atoms with E-state index < -0.39 is 91.5 Å². The molecule has 0 aromatic rings. The van der Waals surface area contributed by atoms with Crippen LogP contribution in [0.15, 0.2) is 11.8 Å². The predicted octanol–water partition coefficient (Wildman–Crippen LogP) is -6.00. The van der Waals surface area contributed by atoms with Gasteiger partial charge in [0.25, 0.3) is 0 Å². The molecule has 2 aliphatic heterocycles. The van der Waals surface area contributed by atoms with Crippen molar-refractivity contribution in [2.75, 3.05) is 39.9 Å². The lowest BCUT2D eigenvalue weighted by molar-refractivity contribution is -0.304. The third-order valence-corrected chi connectivity index (χ3v) is 7.94. The highest BCUT2D eigenvalue weighted by molar-refractivity contribution is 5.80. The van der Waals surface area contributed by atoms with Gasteiger partial charge in [-0.05, 0) is 45.9 Å². The molecule has 17 heteroatoms. The van der Waals surface area contributed by atoms with Gasteiger partial charge in [-0.3, -0.25) is 4.79 Å². The third kappa shape index (κ3) is 9.24. The van der Waals surface area contributed by atoms with Crippen molar-refractivity contribution in [1.82, 2.24) is 16.0 Å². The van der Waals surface area contributed by atoms with Crippen molar-refractivity contribution < 1.29 is 54.4 Å². The summed E-state index contributed by atoms with van der Waals surface area (Å²) >= 11 is 0. The molecule has 1 amide bonds. The van der Waals surface area contributed by atoms with Crippen molar-refractivity contribution in [3.8, 4) is 0 Å². The molecule has 2 heterocycles. The number of amides is 1. The Balaban J connectivity index is 1.76. The number of carbonyl (C=O) groups is 1. The smallest absolute Gasteiger partial charge is 0.249 e. The first-order valence-corrected chi connectivity index (χ1v) is 14.6. The standard InChI is InChI=1S/C26H50N6O11/c1-26(39)11-40-25(19(37)22(26)30-2)43-21-16(32-23(38)17(35)5-6-27)7-15(29)20(18(21)36)42-24-14(28)4-3-13(41-24)9-31-8-12(34)10-33/h3,12,14-22,24-25,30-31,33-37,39H,4-11,27-29H2,1-2H3,(H,32,38)/t12?,14-,15+,16-,17+,18+,19-,20-,21+,22-,24-,25-,26+/m1/s1. The van der Waals surface area contributed by atoms with Crippen LogP contribution in [-0.4, -0.2) is 155 Å². The van der Waals surface area contributed by atoms with E-state index in [-0.39, 0.29) is 39.1 Å². The lowest BCUT2D eigenvalue weighted by Crippen LogP contribution is -2.69. The van der Waals surface area contributed by atoms with Gasteiger partial charge >= 0.3 is 0 Å². The second kappa shape index (κ2) is 16.1. The summed E-state index contributed by atoms with van der Waals surface area (Å²) in [6, 6.07) is -3.24. The fourth-order valence-electron chi connectivity index (χ4n) is 5.51. The molecule has 250 valence electrons. The monoisotopic (exact) mass is 622 g/mol. The normalized spacial score (nSPS) is 39.8. The zero-order valence-corrected chi connectivity index (χ0v) is 24.6. The summed E-state index contributed by atoms with van der Waals surface area (Å²) in [6.45, 7) is 1.33. The largest absolute Gasteiger partial charge is 0.467 e. The van der Waals surface area contributed by atoms with Gasteiger partial charge in [-0.1, -0.05) is 0 Å². The maximum atomic E-state index is 12.7. The topological polar surface area (TPSA) is 290 Å². The Morgan fingerprint density at radius 3 is 2.51 bits per heavy atom. The van der Waals surface area contributed by atoms with Crippen LogP contribution in [0, 0.1) is 0 Å². The number of carbonyl (C=O) groups excluding carboxylic acids is 1. The van der Waals surface area contributed by atoms with Crippen LogP contribution < -0.4 is 33.2 Å². The minimum atomic E-state index is -1.49. The molecule has 13 atom stereocenters. The Hall–Kier alpha value is -1.55. The maximum absolute atomic E-state index is 12.7.